The number of carbonyl (C=O) groups is 1. The van der Waals surface area contributed by atoms with Crippen LogP contribution < -0.4 is 10.3 Å². The summed E-state index contributed by atoms with van der Waals surface area (Å²) in [4.78, 5) is 30.4. The first-order chi connectivity index (χ1) is 23.0. The zero-order chi connectivity index (χ0) is 35.8. The number of piperidine rings is 1. The third-order valence-electron chi connectivity index (χ3n) is 10.9. The lowest BCUT2D eigenvalue weighted by atomic mass is 9.79. The third kappa shape index (κ3) is 7.55. The number of rotatable bonds is 7. The minimum absolute atomic E-state index is 0.0179. The van der Waals surface area contributed by atoms with Crippen LogP contribution in [-0.4, -0.2) is 46.0 Å². The number of nitriles is 1. The van der Waals surface area contributed by atoms with Crippen molar-refractivity contribution >= 4 is 5.91 Å². The van der Waals surface area contributed by atoms with Crippen LogP contribution in [-0.2, 0) is 31.2 Å². The minimum atomic E-state index is -0.244. The van der Waals surface area contributed by atoms with Crippen molar-refractivity contribution in [1.82, 2.24) is 14.4 Å². The largest absolute Gasteiger partial charge is 0.496 e. The molecule has 49 heavy (non-hydrogen) atoms. The highest BCUT2D eigenvalue weighted by atomic mass is 16.5. The average molecular weight is 663 g/mol. The molecule has 7 heteroatoms. The number of ether oxygens (including phenoxy) is 1. The van der Waals surface area contributed by atoms with Gasteiger partial charge in [0.15, 0.2) is 0 Å². The second-order valence-electron chi connectivity index (χ2n) is 16.0. The Morgan fingerprint density at radius 2 is 1.84 bits per heavy atom. The molecule has 0 bridgehead atoms. The molecule has 2 unspecified atom stereocenters. The minimum Gasteiger partial charge on any atom is -0.496 e. The van der Waals surface area contributed by atoms with Crippen LogP contribution in [0.25, 0.3) is 11.1 Å². The average Bonchev–Trinajstić information content (AvgIpc) is 3.05. The monoisotopic (exact) mass is 662 g/mol. The summed E-state index contributed by atoms with van der Waals surface area (Å²) < 4.78 is 7.59. The highest BCUT2D eigenvalue weighted by Gasteiger charge is 2.37. The van der Waals surface area contributed by atoms with Gasteiger partial charge in [-0.05, 0) is 118 Å². The van der Waals surface area contributed by atoms with E-state index in [1.165, 1.54) is 22.3 Å². The van der Waals surface area contributed by atoms with Crippen molar-refractivity contribution in [3.8, 4) is 22.9 Å². The van der Waals surface area contributed by atoms with E-state index >= 15 is 0 Å². The Bertz CT molecular complexity index is 1870. The summed E-state index contributed by atoms with van der Waals surface area (Å²) in [5.41, 5.74) is 9.05. The third-order valence-corrected chi connectivity index (χ3v) is 10.9. The topological polar surface area (TPSA) is 78.6 Å². The molecule has 3 aromatic rings. The fraction of sp³-hybridized carbons (Fsp3) is 0.500. The molecule has 1 saturated heterocycles. The molecule has 1 fully saturated rings. The number of fused-ring (bicyclic) bond motifs is 1. The summed E-state index contributed by atoms with van der Waals surface area (Å²) >= 11 is 0. The predicted molar refractivity (Wildman–Crippen MR) is 197 cm³/mol. The van der Waals surface area contributed by atoms with E-state index in [0.717, 1.165) is 66.8 Å². The number of allylic oxidation sites excluding steroid dienone is 1. The van der Waals surface area contributed by atoms with Crippen LogP contribution in [0.15, 0.2) is 59.0 Å². The van der Waals surface area contributed by atoms with E-state index in [2.05, 4.69) is 68.1 Å². The number of hydrogen-bond donors (Lipinski definition) is 0. The van der Waals surface area contributed by atoms with Crippen LogP contribution in [0.3, 0.4) is 0 Å². The Hall–Kier alpha value is -4.15. The van der Waals surface area contributed by atoms with Crippen molar-refractivity contribution in [2.75, 3.05) is 20.2 Å². The second kappa shape index (κ2) is 14.0. The lowest BCUT2D eigenvalue weighted by molar-refractivity contribution is -0.129. The Kier molecular flexibility index (Phi) is 10.3. The number of likely N-dealkylation sites (tertiary alicyclic amines) is 1. The number of aryl methyl sites for hydroxylation is 1. The molecule has 0 radical (unpaired) electrons. The number of benzene rings is 2. The summed E-state index contributed by atoms with van der Waals surface area (Å²) in [6.07, 6.45) is 7.67. The molecule has 1 amide bonds. The Morgan fingerprint density at radius 3 is 2.49 bits per heavy atom. The van der Waals surface area contributed by atoms with E-state index in [9.17, 15) is 14.9 Å². The smallest absolute Gasteiger partial charge is 0.264 e. The van der Waals surface area contributed by atoms with Crippen LogP contribution in [0.4, 0.5) is 0 Å². The summed E-state index contributed by atoms with van der Waals surface area (Å²) in [6, 6.07) is 15.1. The zero-order valence-corrected chi connectivity index (χ0v) is 31.2. The molecule has 260 valence electrons. The molecular weight excluding hydrogens is 608 g/mol. The second-order valence-corrected chi connectivity index (χ2v) is 16.0. The quantitative estimate of drug-likeness (QED) is 0.190. The van der Waals surface area contributed by atoms with Gasteiger partial charge in [-0.3, -0.25) is 14.5 Å². The molecule has 0 aliphatic carbocycles. The van der Waals surface area contributed by atoms with Crippen LogP contribution in [0.5, 0.6) is 5.75 Å². The Balaban J connectivity index is 1.29. The summed E-state index contributed by atoms with van der Waals surface area (Å²) in [7, 11) is 3.55. The summed E-state index contributed by atoms with van der Waals surface area (Å²) in [5, 5.41) is 9.78. The molecule has 0 N–H and O–H groups in total. The standard InChI is InChI=1S/C42H54N4O3/c1-27-28(2)39(47)44(9)26-37(27)31-14-15-32(38(21-31)49-10)20-30-16-18-45(42(7,8)22-30)25-33-12-11-13-35-29(3)46(19-17-36(33)35)40(48)34(24-43)23-41(4,5)6/h11-15,21,23,26,29-30H,16-20,22,25H2,1-10H3. The van der Waals surface area contributed by atoms with Gasteiger partial charge in [0.2, 0.25) is 0 Å². The fourth-order valence-electron chi connectivity index (χ4n) is 8.01. The maximum atomic E-state index is 13.5. The van der Waals surface area contributed by atoms with Crippen molar-refractivity contribution in [1.29, 1.82) is 5.26 Å². The van der Waals surface area contributed by atoms with Gasteiger partial charge in [-0.2, -0.15) is 5.26 Å². The van der Waals surface area contributed by atoms with Crippen LogP contribution in [0, 0.1) is 36.5 Å². The van der Waals surface area contributed by atoms with Crippen LogP contribution >= 0.6 is 0 Å². The van der Waals surface area contributed by atoms with E-state index < -0.39 is 0 Å². The molecule has 0 saturated carbocycles. The van der Waals surface area contributed by atoms with Gasteiger partial charge >= 0.3 is 0 Å². The van der Waals surface area contributed by atoms with Gasteiger partial charge in [-0.1, -0.05) is 57.2 Å². The number of amides is 1. The van der Waals surface area contributed by atoms with Gasteiger partial charge < -0.3 is 14.2 Å². The van der Waals surface area contributed by atoms with E-state index in [1.807, 2.05) is 45.7 Å². The first kappa shape index (κ1) is 36.1. The fourth-order valence-corrected chi connectivity index (χ4v) is 8.01. The SMILES string of the molecule is COc1cc(-c2cn(C)c(=O)c(C)c2C)ccc1CC1CCN(Cc2cccc3c2CCN(C(=O)C(C#N)=CC(C)(C)C)C3C)C(C)(C)C1. The number of methoxy groups -OCH3 is 1. The van der Waals surface area contributed by atoms with Crippen molar-refractivity contribution in [2.24, 2.45) is 18.4 Å². The number of carbonyl (C=O) groups excluding carboxylic acids is 1. The molecule has 5 rings (SSSR count). The van der Waals surface area contributed by atoms with Gasteiger partial charge in [-0.15, -0.1) is 0 Å². The first-order valence-corrected chi connectivity index (χ1v) is 17.7. The molecular formula is C42H54N4O3. The van der Waals surface area contributed by atoms with E-state index in [1.54, 1.807) is 24.8 Å². The van der Waals surface area contributed by atoms with E-state index in [0.29, 0.717) is 12.5 Å². The number of aromatic nitrogens is 1. The normalized spacial score (nSPS) is 19.7. The van der Waals surface area contributed by atoms with Gasteiger partial charge in [-0.25, -0.2) is 0 Å². The molecule has 0 spiro atoms. The molecule has 2 aliphatic rings. The van der Waals surface area contributed by atoms with Crippen LogP contribution in [0.1, 0.15) is 93.8 Å². The molecule has 2 aromatic carbocycles. The highest BCUT2D eigenvalue weighted by molar-refractivity contribution is 5.97. The predicted octanol–water partition coefficient (Wildman–Crippen LogP) is 7.85. The lowest BCUT2D eigenvalue weighted by Crippen LogP contribution is -2.50. The first-order valence-electron chi connectivity index (χ1n) is 17.7. The van der Waals surface area contributed by atoms with Gasteiger partial charge in [0.25, 0.3) is 11.5 Å². The van der Waals surface area contributed by atoms with Gasteiger partial charge in [0, 0.05) is 43.0 Å². The van der Waals surface area contributed by atoms with Crippen molar-refractivity contribution < 1.29 is 9.53 Å². The summed E-state index contributed by atoms with van der Waals surface area (Å²) in [6.45, 7) is 19.3. The number of pyridine rings is 1. The number of hydrogen-bond acceptors (Lipinski definition) is 5. The molecule has 3 heterocycles. The van der Waals surface area contributed by atoms with E-state index in [4.69, 9.17) is 4.74 Å². The van der Waals surface area contributed by atoms with Crippen molar-refractivity contribution in [3.63, 3.8) is 0 Å². The van der Waals surface area contributed by atoms with E-state index in [-0.39, 0.29) is 34.0 Å². The lowest BCUT2D eigenvalue weighted by Gasteiger charge is -2.46. The van der Waals surface area contributed by atoms with Crippen molar-refractivity contribution in [3.05, 3.63) is 98.0 Å². The molecule has 7 nitrogen and oxygen atoms in total. The molecule has 2 atom stereocenters. The summed E-state index contributed by atoms with van der Waals surface area (Å²) in [5.74, 6) is 1.26. The molecule has 2 aliphatic heterocycles. The van der Waals surface area contributed by atoms with Crippen LogP contribution in [0.2, 0.25) is 0 Å². The maximum absolute atomic E-state index is 13.5. The Labute approximate surface area is 293 Å². The Morgan fingerprint density at radius 1 is 1.10 bits per heavy atom. The number of nitrogens with zero attached hydrogens (tertiary/aromatic N) is 4. The van der Waals surface area contributed by atoms with Gasteiger partial charge in [0.05, 0.1) is 13.2 Å². The zero-order valence-electron chi connectivity index (χ0n) is 31.2. The van der Waals surface area contributed by atoms with Gasteiger partial charge in [0.1, 0.15) is 17.4 Å². The maximum Gasteiger partial charge on any atom is 0.264 e. The van der Waals surface area contributed by atoms with Crippen molar-refractivity contribution in [2.45, 2.75) is 99.2 Å². The molecule has 1 aromatic heterocycles. The highest BCUT2D eigenvalue weighted by Crippen LogP contribution is 2.39.